The number of carbonyl (C=O) groups excluding carboxylic acids is 4. The molecule has 1 aromatic carbocycles. The highest BCUT2D eigenvalue weighted by Crippen LogP contribution is 2.68. The van der Waals surface area contributed by atoms with Gasteiger partial charge in [-0.2, -0.15) is 0 Å². The Balaban J connectivity index is 1.60. The van der Waals surface area contributed by atoms with Crippen molar-refractivity contribution in [1.82, 2.24) is 0 Å². The molecule has 2 fully saturated rings. The van der Waals surface area contributed by atoms with Crippen LogP contribution < -0.4 is 9.47 Å². The number of allylic oxidation sites excluding steroid dienone is 6. The number of benzene rings is 1. The van der Waals surface area contributed by atoms with Crippen molar-refractivity contribution in [2.45, 2.75) is 116 Å². The molecule has 9 heteroatoms. The molecule has 5 atom stereocenters. The van der Waals surface area contributed by atoms with Crippen LogP contribution >= 0.6 is 0 Å². The van der Waals surface area contributed by atoms with Gasteiger partial charge in [-0.3, -0.25) is 19.2 Å². The third-order valence-electron chi connectivity index (χ3n) is 10.6. The Kier molecular flexibility index (Phi) is 7.74. The topological polar surface area (TPSA) is 125 Å². The zero-order valence-electron chi connectivity index (χ0n) is 28.5. The number of phenolic OH excluding ortho intramolecular Hbond substituents is 1. The van der Waals surface area contributed by atoms with Crippen LogP contribution in [0.4, 0.5) is 0 Å². The number of hydrogen-bond acceptors (Lipinski definition) is 9. The molecule has 0 amide bonds. The highest BCUT2D eigenvalue weighted by atomic mass is 16.6. The Labute approximate surface area is 275 Å². The molecular weight excluding hydrogens is 600 g/mol. The predicted molar refractivity (Wildman–Crippen MR) is 174 cm³/mol. The largest absolute Gasteiger partial charge is 0.506 e. The SMILES string of the molecule is CC(C)=CCC[C@]1(C)CC(=O)c2c(O)c3c(c(CC=C(C)C)c2O1)O[C@]12C(=C[C@@H]4CC1C(C)(C)OC2(CC=C(C)OC=O)C4=O)C3=O. The van der Waals surface area contributed by atoms with Gasteiger partial charge in [-0.1, -0.05) is 29.4 Å². The van der Waals surface area contributed by atoms with Gasteiger partial charge in [-0.25, -0.2) is 0 Å². The van der Waals surface area contributed by atoms with E-state index in [1.807, 2.05) is 54.5 Å². The Morgan fingerprint density at radius 2 is 1.66 bits per heavy atom. The van der Waals surface area contributed by atoms with Crippen LogP contribution in [-0.2, 0) is 25.5 Å². The van der Waals surface area contributed by atoms with E-state index in [9.17, 15) is 24.3 Å². The maximum Gasteiger partial charge on any atom is 0.298 e. The number of Topliss-reactive ketones (excluding diaryl/α,β-unsaturated/α-hetero) is 3. The lowest BCUT2D eigenvalue weighted by Crippen LogP contribution is -2.72. The van der Waals surface area contributed by atoms with Gasteiger partial charge < -0.3 is 24.1 Å². The molecule has 3 aliphatic carbocycles. The molecule has 3 heterocycles. The summed E-state index contributed by atoms with van der Waals surface area (Å²) in [5.41, 5.74) is -2.09. The first kappa shape index (κ1) is 32.9. The smallest absolute Gasteiger partial charge is 0.298 e. The molecule has 0 radical (unpaired) electrons. The molecule has 9 nitrogen and oxygen atoms in total. The second kappa shape index (κ2) is 11.0. The molecule has 250 valence electrons. The third-order valence-corrected chi connectivity index (χ3v) is 10.6. The second-order valence-corrected chi connectivity index (χ2v) is 15.0. The van der Waals surface area contributed by atoms with Crippen LogP contribution in [0, 0.1) is 11.8 Å². The minimum Gasteiger partial charge on any atom is -0.506 e. The van der Waals surface area contributed by atoms with Crippen molar-refractivity contribution in [1.29, 1.82) is 0 Å². The maximum absolute atomic E-state index is 14.8. The molecule has 4 bridgehead atoms. The summed E-state index contributed by atoms with van der Waals surface area (Å²) in [7, 11) is 0. The number of aromatic hydroxyl groups is 1. The van der Waals surface area contributed by atoms with Crippen LogP contribution in [0.2, 0.25) is 0 Å². The van der Waals surface area contributed by atoms with Gasteiger partial charge in [-0.15, -0.1) is 0 Å². The lowest BCUT2D eigenvalue weighted by molar-refractivity contribution is -0.171. The molecule has 1 saturated heterocycles. The van der Waals surface area contributed by atoms with Crippen molar-refractivity contribution >= 4 is 23.8 Å². The molecule has 2 unspecified atom stereocenters. The zero-order chi connectivity index (χ0) is 34.3. The van der Waals surface area contributed by atoms with E-state index in [1.54, 1.807) is 19.1 Å². The molecule has 0 aromatic heterocycles. The first-order valence-electron chi connectivity index (χ1n) is 16.4. The molecular formula is C38H44O9. The molecule has 1 saturated carbocycles. The van der Waals surface area contributed by atoms with E-state index < -0.39 is 45.8 Å². The minimum absolute atomic E-state index is 0.000459. The number of phenols is 1. The molecule has 7 rings (SSSR count). The summed E-state index contributed by atoms with van der Waals surface area (Å²) >= 11 is 0. The molecule has 1 aromatic rings. The van der Waals surface area contributed by atoms with E-state index in [4.69, 9.17) is 18.9 Å². The summed E-state index contributed by atoms with van der Waals surface area (Å²) in [4.78, 5) is 54.0. The summed E-state index contributed by atoms with van der Waals surface area (Å²) < 4.78 is 25.6. The van der Waals surface area contributed by atoms with Crippen molar-refractivity contribution in [3.8, 4) is 17.2 Å². The van der Waals surface area contributed by atoms with Crippen LogP contribution in [0.3, 0.4) is 0 Å². The van der Waals surface area contributed by atoms with Gasteiger partial charge in [0.25, 0.3) is 6.47 Å². The first-order chi connectivity index (χ1) is 22.0. The van der Waals surface area contributed by atoms with Gasteiger partial charge in [-0.05, 0) is 87.1 Å². The normalized spacial score (nSPS) is 31.1. The summed E-state index contributed by atoms with van der Waals surface area (Å²) in [6.07, 6.45) is 9.35. The maximum atomic E-state index is 14.8. The quantitative estimate of drug-likeness (QED) is 0.175. The van der Waals surface area contributed by atoms with Crippen LogP contribution in [0.25, 0.3) is 0 Å². The molecule has 3 aliphatic heterocycles. The van der Waals surface area contributed by atoms with Crippen molar-refractivity contribution in [2.24, 2.45) is 11.8 Å². The number of hydrogen-bond donors (Lipinski definition) is 1. The fourth-order valence-electron chi connectivity index (χ4n) is 8.49. The van der Waals surface area contributed by atoms with E-state index >= 15 is 0 Å². The van der Waals surface area contributed by atoms with E-state index in [2.05, 4.69) is 6.08 Å². The van der Waals surface area contributed by atoms with Crippen molar-refractivity contribution in [3.63, 3.8) is 0 Å². The monoisotopic (exact) mass is 644 g/mol. The fraction of sp³-hybridized carbons (Fsp3) is 0.526. The van der Waals surface area contributed by atoms with Gasteiger partial charge in [0.1, 0.15) is 39.7 Å². The summed E-state index contributed by atoms with van der Waals surface area (Å²) in [6.45, 7) is 15.5. The van der Waals surface area contributed by atoms with Gasteiger partial charge in [0.2, 0.25) is 0 Å². The van der Waals surface area contributed by atoms with Crippen LogP contribution in [-0.4, -0.2) is 51.3 Å². The Bertz CT molecular complexity index is 1730. The molecule has 6 aliphatic rings. The van der Waals surface area contributed by atoms with E-state index in [0.717, 1.165) is 11.1 Å². The fourth-order valence-corrected chi connectivity index (χ4v) is 8.49. The van der Waals surface area contributed by atoms with Crippen LogP contribution in [0.5, 0.6) is 17.2 Å². The van der Waals surface area contributed by atoms with Gasteiger partial charge in [0.15, 0.2) is 28.6 Å². The number of rotatable bonds is 9. The summed E-state index contributed by atoms with van der Waals surface area (Å²) in [6, 6.07) is 0. The number of ketones is 3. The second-order valence-electron chi connectivity index (χ2n) is 15.0. The van der Waals surface area contributed by atoms with E-state index in [1.165, 1.54) is 0 Å². The standard InChI is InChI=1S/C38H44O9/c1-20(2)10-9-14-36(8)18-26(40)28-31(42)29-30(41)25-16-23-17-27-35(6,7)47-37(34(23)43,15-13-22(5)44-19-39)38(25,27)46-33(29)24(32(28)45-36)12-11-21(3)4/h10-11,13,16,19,23,27,42H,9,12,14-15,17-18H2,1-8H3/t23-,27?,36-,37?,38-/m1/s1. The summed E-state index contributed by atoms with van der Waals surface area (Å²) in [5, 5.41) is 11.8. The Morgan fingerprint density at radius 3 is 2.32 bits per heavy atom. The lowest BCUT2D eigenvalue weighted by atomic mass is 9.51. The molecule has 1 spiro atoms. The Morgan fingerprint density at radius 1 is 0.979 bits per heavy atom. The van der Waals surface area contributed by atoms with Crippen molar-refractivity contribution in [2.75, 3.05) is 0 Å². The highest BCUT2D eigenvalue weighted by Gasteiger charge is 2.81. The first-order valence-corrected chi connectivity index (χ1v) is 16.4. The van der Waals surface area contributed by atoms with Crippen LogP contribution in [0.15, 0.2) is 46.8 Å². The predicted octanol–water partition coefficient (Wildman–Crippen LogP) is 6.84. The van der Waals surface area contributed by atoms with E-state index in [-0.39, 0.29) is 64.8 Å². The van der Waals surface area contributed by atoms with Crippen molar-refractivity contribution in [3.05, 3.63) is 63.5 Å². The molecule has 47 heavy (non-hydrogen) atoms. The number of carbonyl (C=O) groups is 4. The molecule has 1 N–H and O–H groups in total. The summed E-state index contributed by atoms with van der Waals surface area (Å²) in [5.74, 6) is -1.87. The average molecular weight is 645 g/mol. The average Bonchev–Trinajstić information content (AvgIpc) is 3.12. The lowest BCUT2D eigenvalue weighted by Gasteiger charge is -2.56. The van der Waals surface area contributed by atoms with Gasteiger partial charge in [0, 0.05) is 29.4 Å². The minimum atomic E-state index is -1.61. The van der Waals surface area contributed by atoms with Gasteiger partial charge in [0.05, 0.1) is 12.0 Å². The van der Waals surface area contributed by atoms with E-state index in [0.29, 0.717) is 31.3 Å². The highest BCUT2D eigenvalue weighted by molar-refractivity contribution is 6.20. The van der Waals surface area contributed by atoms with Crippen molar-refractivity contribution < 1.29 is 43.2 Å². The third kappa shape index (κ3) is 4.75. The number of fused-ring (bicyclic) bond motifs is 2. The van der Waals surface area contributed by atoms with Gasteiger partial charge >= 0.3 is 0 Å². The van der Waals surface area contributed by atoms with Crippen LogP contribution in [0.1, 0.15) is 114 Å². The Hall–Kier alpha value is -3.98. The zero-order valence-corrected chi connectivity index (χ0v) is 28.5. The number of ether oxygens (including phenoxy) is 4.